The summed E-state index contributed by atoms with van der Waals surface area (Å²) in [4.78, 5) is 15.4. The summed E-state index contributed by atoms with van der Waals surface area (Å²) in [5, 5.41) is 15.3. The van der Waals surface area contributed by atoms with E-state index in [4.69, 9.17) is 5.11 Å². The van der Waals surface area contributed by atoms with Gasteiger partial charge >= 0.3 is 0 Å². The summed E-state index contributed by atoms with van der Waals surface area (Å²) >= 11 is 1.43. The van der Waals surface area contributed by atoms with E-state index in [0.717, 1.165) is 21.5 Å². The highest BCUT2D eigenvalue weighted by Crippen LogP contribution is 2.34. The van der Waals surface area contributed by atoms with Crippen molar-refractivity contribution >= 4 is 38.3 Å². The van der Waals surface area contributed by atoms with Gasteiger partial charge in [-0.15, -0.1) is 0 Å². The van der Waals surface area contributed by atoms with Crippen LogP contribution in [-0.4, -0.2) is 29.1 Å². The number of anilines is 2. The molecular formula is C12H15N3O2S. The monoisotopic (exact) mass is 265 g/mol. The quantitative estimate of drug-likeness (QED) is 0.790. The van der Waals surface area contributed by atoms with E-state index in [-0.39, 0.29) is 12.5 Å². The van der Waals surface area contributed by atoms with Crippen molar-refractivity contribution in [2.45, 2.75) is 13.8 Å². The van der Waals surface area contributed by atoms with Crippen molar-refractivity contribution in [2.24, 2.45) is 0 Å². The Kier molecular flexibility index (Phi) is 3.78. The Morgan fingerprint density at radius 2 is 2.28 bits per heavy atom. The van der Waals surface area contributed by atoms with Crippen LogP contribution >= 0.6 is 11.3 Å². The molecule has 0 fully saturated rings. The Labute approximate surface area is 109 Å². The number of fused-ring (bicyclic) bond motifs is 1. The van der Waals surface area contributed by atoms with E-state index < -0.39 is 0 Å². The van der Waals surface area contributed by atoms with Crippen LogP contribution in [0.2, 0.25) is 0 Å². The highest BCUT2D eigenvalue weighted by Gasteiger charge is 2.11. The smallest absolute Gasteiger partial charge is 0.223 e. The van der Waals surface area contributed by atoms with Crippen LogP contribution in [-0.2, 0) is 4.79 Å². The lowest BCUT2D eigenvalue weighted by molar-refractivity contribution is -0.114. The molecule has 0 aliphatic heterocycles. The fraction of sp³-hybridized carbons (Fsp3) is 0.333. The SMILES string of the molecule is CC(=O)Nc1nc2c(C)ccc(NCCO)c2s1. The molecule has 2 rings (SSSR count). The van der Waals surface area contributed by atoms with Crippen molar-refractivity contribution in [3.63, 3.8) is 0 Å². The van der Waals surface area contributed by atoms with Crippen molar-refractivity contribution in [1.29, 1.82) is 0 Å². The Hall–Kier alpha value is -1.66. The zero-order valence-electron chi connectivity index (χ0n) is 10.3. The first-order valence-electron chi connectivity index (χ1n) is 5.64. The number of thiazole rings is 1. The van der Waals surface area contributed by atoms with Gasteiger partial charge in [0.05, 0.1) is 22.5 Å². The second-order valence-electron chi connectivity index (χ2n) is 3.96. The van der Waals surface area contributed by atoms with Gasteiger partial charge in [-0.3, -0.25) is 4.79 Å². The molecule has 0 spiro atoms. The number of hydrogen-bond acceptors (Lipinski definition) is 5. The first kappa shape index (κ1) is 12.8. The van der Waals surface area contributed by atoms with Gasteiger partial charge in [0.15, 0.2) is 5.13 Å². The lowest BCUT2D eigenvalue weighted by Gasteiger charge is -2.05. The third-order valence-electron chi connectivity index (χ3n) is 2.46. The summed E-state index contributed by atoms with van der Waals surface area (Å²) in [5.74, 6) is -0.128. The molecule has 1 amide bonds. The van der Waals surface area contributed by atoms with Gasteiger partial charge < -0.3 is 15.7 Å². The Morgan fingerprint density at radius 1 is 1.50 bits per heavy atom. The topological polar surface area (TPSA) is 74.2 Å². The van der Waals surface area contributed by atoms with Gasteiger partial charge in [0.2, 0.25) is 5.91 Å². The number of aromatic nitrogens is 1. The van der Waals surface area contributed by atoms with E-state index in [1.165, 1.54) is 18.3 Å². The normalized spacial score (nSPS) is 10.6. The highest BCUT2D eigenvalue weighted by atomic mass is 32.1. The van der Waals surface area contributed by atoms with Gasteiger partial charge in [-0.05, 0) is 18.6 Å². The van der Waals surface area contributed by atoms with Gasteiger partial charge in [-0.25, -0.2) is 4.98 Å². The van der Waals surface area contributed by atoms with Crippen molar-refractivity contribution in [2.75, 3.05) is 23.8 Å². The minimum atomic E-state index is -0.128. The first-order chi connectivity index (χ1) is 8.61. The Balaban J connectivity index is 2.44. The maximum Gasteiger partial charge on any atom is 0.223 e. The van der Waals surface area contributed by atoms with Crippen molar-refractivity contribution in [3.05, 3.63) is 17.7 Å². The zero-order chi connectivity index (χ0) is 13.1. The molecule has 1 aromatic heterocycles. The minimum Gasteiger partial charge on any atom is -0.395 e. The van der Waals surface area contributed by atoms with Gasteiger partial charge in [0, 0.05) is 13.5 Å². The zero-order valence-corrected chi connectivity index (χ0v) is 11.1. The second-order valence-corrected chi connectivity index (χ2v) is 4.96. The number of carbonyl (C=O) groups excluding carboxylic acids is 1. The molecule has 2 aromatic rings. The number of hydrogen-bond donors (Lipinski definition) is 3. The lowest BCUT2D eigenvalue weighted by atomic mass is 10.2. The van der Waals surface area contributed by atoms with Crippen LogP contribution in [0.5, 0.6) is 0 Å². The van der Waals surface area contributed by atoms with Gasteiger partial charge in [-0.1, -0.05) is 17.4 Å². The average molecular weight is 265 g/mol. The number of rotatable bonds is 4. The number of nitrogens with one attached hydrogen (secondary N) is 2. The van der Waals surface area contributed by atoms with Crippen LogP contribution in [0.3, 0.4) is 0 Å². The van der Waals surface area contributed by atoms with Crippen LogP contribution < -0.4 is 10.6 Å². The second kappa shape index (κ2) is 5.32. The third-order valence-corrected chi connectivity index (χ3v) is 3.46. The van der Waals surface area contributed by atoms with Crippen LogP contribution in [0.25, 0.3) is 10.2 Å². The van der Waals surface area contributed by atoms with Gasteiger partial charge in [0.1, 0.15) is 0 Å². The molecular weight excluding hydrogens is 250 g/mol. The Bertz CT molecular complexity index is 580. The van der Waals surface area contributed by atoms with Gasteiger partial charge in [0.25, 0.3) is 0 Å². The predicted molar refractivity (Wildman–Crippen MR) is 74.2 cm³/mol. The fourth-order valence-electron chi connectivity index (χ4n) is 1.67. The van der Waals surface area contributed by atoms with E-state index in [0.29, 0.717) is 11.7 Å². The maximum atomic E-state index is 11.0. The average Bonchev–Trinajstić information content (AvgIpc) is 2.72. The van der Waals surface area contributed by atoms with Gasteiger partial charge in [-0.2, -0.15) is 0 Å². The minimum absolute atomic E-state index is 0.0761. The number of aliphatic hydroxyl groups excluding tert-OH is 1. The number of carbonyl (C=O) groups is 1. The summed E-state index contributed by atoms with van der Waals surface area (Å²) in [7, 11) is 0. The molecule has 0 unspecified atom stereocenters. The summed E-state index contributed by atoms with van der Waals surface area (Å²) < 4.78 is 0.993. The summed E-state index contributed by atoms with van der Waals surface area (Å²) in [6.07, 6.45) is 0. The molecule has 5 nitrogen and oxygen atoms in total. The van der Waals surface area contributed by atoms with Crippen molar-refractivity contribution in [3.8, 4) is 0 Å². The largest absolute Gasteiger partial charge is 0.395 e. The predicted octanol–water partition coefficient (Wildman–Crippen LogP) is 1.97. The number of nitrogens with zero attached hydrogens (tertiary/aromatic N) is 1. The molecule has 0 aliphatic rings. The van der Waals surface area contributed by atoms with E-state index in [1.54, 1.807) is 0 Å². The van der Waals surface area contributed by atoms with Crippen LogP contribution in [0, 0.1) is 6.92 Å². The molecule has 0 bridgehead atoms. The molecule has 3 N–H and O–H groups in total. The molecule has 0 saturated carbocycles. The lowest BCUT2D eigenvalue weighted by Crippen LogP contribution is -2.05. The Morgan fingerprint density at radius 3 is 2.94 bits per heavy atom. The standard InChI is InChI=1S/C12H15N3O2S/c1-7-3-4-9(13-5-6-16)11-10(7)15-12(18-11)14-8(2)17/h3-4,13,16H,5-6H2,1-2H3,(H,14,15,17). The van der Waals surface area contributed by atoms with Crippen LogP contribution in [0.4, 0.5) is 10.8 Å². The van der Waals surface area contributed by atoms with Crippen molar-refractivity contribution in [1.82, 2.24) is 4.98 Å². The number of amides is 1. The number of aryl methyl sites for hydroxylation is 1. The summed E-state index contributed by atoms with van der Waals surface area (Å²) in [6, 6.07) is 3.93. The van der Waals surface area contributed by atoms with E-state index in [1.807, 2.05) is 19.1 Å². The molecule has 96 valence electrons. The van der Waals surface area contributed by atoms with E-state index in [2.05, 4.69) is 15.6 Å². The van der Waals surface area contributed by atoms with Crippen molar-refractivity contribution < 1.29 is 9.90 Å². The first-order valence-corrected chi connectivity index (χ1v) is 6.46. The fourth-order valence-corrected chi connectivity index (χ4v) is 2.75. The number of aliphatic hydroxyl groups is 1. The molecule has 0 atom stereocenters. The van der Waals surface area contributed by atoms with E-state index in [9.17, 15) is 4.79 Å². The van der Waals surface area contributed by atoms with Crippen LogP contribution in [0.1, 0.15) is 12.5 Å². The summed E-state index contributed by atoms with van der Waals surface area (Å²) in [5.41, 5.74) is 2.87. The van der Waals surface area contributed by atoms with E-state index >= 15 is 0 Å². The number of benzene rings is 1. The molecule has 6 heteroatoms. The molecule has 0 saturated heterocycles. The third kappa shape index (κ3) is 2.60. The summed E-state index contributed by atoms with van der Waals surface area (Å²) in [6.45, 7) is 4.01. The highest BCUT2D eigenvalue weighted by molar-refractivity contribution is 7.23. The molecule has 1 aromatic carbocycles. The molecule has 18 heavy (non-hydrogen) atoms. The maximum absolute atomic E-state index is 11.0. The molecule has 0 radical (unpaired) electrons. The molecule has 0 aliphatic carbocycles. The van der Waals surface area contributed by atoms with Crippen LogP contribution in [0.15, 0.2) is 12.1 Å². The molecule has 1 heterocycles.